The van der Waals surface area contributed by atoms with Crippen LogP contribution in [0.25, 0.3) is 0 Å². The van der Waals surface area contributed by atoms with E-state index < -0.39 is 6.04 Å². The van der Waals surface area contributed by atoms with Crippen molar-refractivity contribution in [3.05, 3.63) is 78.6 Å². The topological polar surface area (TPSA) is 60.1 Å². The normalized spacial score (nSPS) is 16.3. The Labute approximate surface area is 192 Å². The maximum atomic E-state index is 13.3. The van der Waals surface area contributed by atoms with Gasteiger partial charge in [-0.25, -0.2) is 4.98 Å². The van der Waals surface area contributed by atoms with Crippen molar-refractivity contribution >= 4 is 50.7 Å². The first-order valence-corrected chi connectivity index (χ1v) is 10.9. The third-order valence-electron chi connectivity index (χ3n) is 5.18. The number of pyridine rings is 1. The number of hydrogen-bond donors (Lipinski definition) is 0. The third kappa shape index (κ3) is 3.49. The van der Waals surface area contributed by atoms with E-state index in [0.717, 1.165) is 11.3 Å². The van der Waals surface area contributed by atoms with Crippen LogP contribution in [0.15, 0.2) is 46.1 Å². The number of hydrogen-bond acceptors (Lipinski definition) is 3. The molecule has 0 saturated carbocycles. The molecule has 2 aromatic heterocycles. The lowest BCUT2D eigenvalue weighted by Gasteiger charge is -2.37. The summed E-state index contributed by atoms with van der Waals surface area (Å²) in [6.45, 7) is 4.09. The van der Waals surface area contributed by atoms with Crippen LogP contribution in [0.5, 0.6) is 0 Å². The fourth-order valence-electron chi connectivity index (χ4n) is 3.92. The molecule has 1 unspecified atom stereocenters. The minimum atomic E-state index is -0.550. The lowest BCUT2D eigenvalue weighted by Crippen LogP contribution is -2.45. The molecule has 0 radical (unpaired) electrons. The predicted molar refractivity (Wildman–Crippen MR) is 121 cm³/mol. The summed E-state index contributed by atoms with van der Waals surface area (Å²) in [4.78, 5) is 32.4. The molecule has 3 aromatic rings. The van der Waals surface area contributed by atoms with Crippen molar-refractivity contribution in [1.82, 2.24) is 14.1 Å². The highest BCUT2D eigenvalue weighted by molar-refractivity contribution is 9.10. The number of benzene rings is 1. The summed E-state index contributed by atoms with van der Waals surface area (Å²) in [6.07, 6.45) is 1.62. The van der Waals surface area contributed by atoms with E-state index in [2.05, 4.69) is 20.9 Å². The van der Waals surface area contributed by atoms with Crippen molar-refractivity contribution in [2.45, 2.75) is 32.4 Å². The molecule has 1 amide bonds. The van der Waals surface area contributed by atoms with Gasteiger partial charge in [0.1, 0.15) is 11.7 Å². The fourth-order valence-corrected chi connectivity index (χ4v) is 5.11. The molecule has 0 bridgehead atoms. The van der Waals surface area contributed by atoms with E-state index in [1.54, 1.807) is 25.2 Å². The molecule has 0 fully saturated rings. The van der Waals surface area contributed by atoms with Crippen LogP contribution in [-0.4, -0.2) is 20.0 Å². The fraction of sp³-hybridized carbons (Fsp3) is 0.286. The smallest absolute Gasteiger partial charge is 0.274 e. The van der Waals surface area contributed by atoms with Crippen molar-refractivity contribution in [2.24, 2.45) is 7.05 Å². The summed E-state index contributed by atoms with van der Waals surface area (Å²) < 4.78 is 4.08. The molecule has 4 rings (SSSR count). The van der Waals surface area contributed by atoms with Crippen molar-refractivity contribution in [1.29, 1.82) is 0 Å². The van der Waals surface area contributed by atoms with Gasteiger partial charge < -0.3 is 9.13 Å². The number of fused-ring (bicyclic) bond motifs is 1. The molecule has 1 atom stereocenters. The van der Waals surface area contributed by atoms with Gasteiger partial charge in [-0.3, -0.25) is 14.5 Å². The van der Waals surface area contributed by atoms with Crippen LogP contribution in [0, 0.1) is 0 Å². The van der Waals surface area contributed by atoms with Crippen molar-refractivity contribution < 1.29 is 4.79 Å². The Hall–Kier alpha value is -2.09. The summed E-state index contributed by atoms with van der Waals surface area (Å²) >= 11 is 15.9. The zero-order chi connectivity index (χ0) is 21.7. The summed E-state index contributed by atoms with van der Waals surface area (Å²) in [5.74, 6) is -0.220. The van der Waals surface area contributed by atoms with E-state index in [9.17, 15) is 9.59 Å². The largest absolute Gasteiger partial charge is 0.318 e. The van der Waals surface area contributed by atoms with Gasteiger partial charge in [0.15, 0.2) is 4.73 Å². The lowest BCUT2D eigenvalue weighted by molar-refractivity contribution is -0.118. The Bertz CT molecular complexity index is 1200. The van der Waals surface area contributed by atoms with Crippen molar-refractivity contribution in [2.75, 3.05) is 4.90 Å². The standard InChI is InChI=1S/C21H19BrCl2N4O2/c1-11(2)27-19-15(25-21(27)22)9-17(29)28(16-8-14(24)10-26(3)20(16)30)18(19)12-4-6-13(23)7-5-12/h4-8,10-11,18H,9H2,1-3H3. The summed E-state index contributed by atoms with van der Waals surface area (Å²) in [5.41, 5.74) is 2.31. The summed E-state index contributed by atoms with van der Waals surface area (Å²) in [6, 6.07) is 8.35. The second kappa shape index (κ2) is 7.87. The second-order valence-corrected chi connectivity index (χ2v) is 9.11. The van der Waals surface area contributed by atoms with Gasteiger partial charge in [0.2, 0.25) is 5.91 Å². The number of halogens is 3. The molecule has 0 N–H and O–H groups in total. The molecule has 6 nitrogen and oxygen atoms in total. The van der Waals surface area contributed by atoms with E-state index in [1.165, 1.54) is 15.7 Å². The molecule has 1 aromatic carbocycles. The van der Waals surface area contributed by atoms with Crippen LogP contribution in [0.4, 0.5) is 5.69 Å². The van der Waals surface area contributed by atoms with Crippen LogP contribution >= 0.6 is 39.1 Å². The number of anilines is 1. The van der Waals surface area contributed by atoms with Crippen LogP contribution in [0.2, 0.25) is 10.0 Å². The molecule has 0 saturated heterocycles. The Kier molecular flexibility index (Phi) is 5.55. The van der Waals surface area contributed by atoms with Gasteiger partial charge >= 0.3 is 0 Å². The van der Waals surface area contributed by atoms with Crippen molar-refractivity contribution in [3.8, 4) is 0 Å². The molecule has 1 aliphatic heterocycles. The van der Waals surface area contributed by atoms with Crippen LogP contribution in [0.1, 0.15) is 42.9 Å². The minimum absolute atomic E-state index is 0.0858. The number of nitrogens with zero attached hydrogens (tertiary/aromatic N) is 4. The maximum absolute atomic E-state index is 13.3. The summed E-state index contributed by atoms with van der Waals surface area (Å²) in [5, 5.41) is 0.962. The minimum Gasteiger partial charge on any atom is -0.318 e. The monoisotopic (exact) mass is 508 g/mol. The summed E-state index contributed by atoms with van der Waals surface area (Å²) in [7, 11) is 1.61. The van der Waals surface area contributed by atoms with Gasteiger partial charge in [-0.2, -0.15) is 0 Å². The van der Waals surface area contributed by atoms with Gasteiger partial charge in [0, 0.05) is 24.3 Å². The molecule has 0 aliphatic carbocycles. The van der Waals surface area contributed by atoms with Crippen LogP contribution in [0.3, 0.4) is 0 Å². The first-order valence-electron chi connectivity index (χ1n) is 9.39. The van der Waals surface area contributed by atoms with Crippen molar-refractivity contribution in [3.63, 3.8) is 0 Å². The van der Waals surface area contributed by atoms with Gasteiger partial charge in [-0.1, -0.05) is 35.3 Å². The Morgan fingerprint density at radius 1 is 1.13 bits per heavy atom. The van der Waals surface area contributed by atoms with Gasteiger partial charge in [-0.05, 0) is 53.5 Å². The number of aryl methyl sites for hydroxylation is 1. The Morgan fingerprint density at radius 2 is 1.80 bits per heavy atom. The predicted octanol–water partition coefficient (Wildman–Crippen LogP) is 4.91. The average molecular weight is 510 g/mol. The molecule has 1 aliphatic rings. The molecule has 0 spiro atoms. The molecule has 30 heavy (non-hydrogen) atoms. The number of imidazole rings is 1. The zero-order valence-corrected chi connectivity index (χ0v) is 19.7. The third-order valence-corrected chi connectivity index (χ3v) is 6.20. The highest BCUT2D eigenvalue weighted by Crippen LogP contribution is 2.41. The molecule has 3 heterocycles. The highest BCUT2D eigenvalue weighted by atomic mass is 79.9. The van der Waals surface area contributed by atoms with Gasteiger partial charge in [-0.15, -0.1) is 0 Å². The molecule has 9 heteroatoms. The van der Waals surface area contributed by atoms with E-state index in [0.29, 0.717) is 20.5 Å². The second-order valence-electron chi connectivity index (χ2n) is 7.53. The number of amides is 1. The molecule has 156 valence electrons. The van der Waals surface area contributed by atoms with Gasteiger partial charge in [0.25, 0.3) is 5.56 Å². The number of rotatable bonds is 3. The van der Waals surface area contributed by atoms with E-state index in [4.69, 9.17) is 23.2 Å². The van der Waals surface area contributed by atoms with Crippen LogP contribution in [-0.2, 0) is 18.3 Å². The number of carbonyl (C=O) groups is 1. The first-order chi connectivity index (χ1) is 14.2. The molecular weight excluding hydrogens is 491 g/mol. The highest BCUT2D eigenvalue weighted by Gasteiger charge is 2.40. The Balaban J connectivity index is 2.04. The first kappa shape index (κ1) is 21.2. The van der Waals surface area contributed by atoms with E-state index in [-0.39, 0.29) is 29.6 Å². The Morgan fingerprint density at radius 3 is 2.43 bits per heavy atom. The molecular formula is C21H19BrCl2N4O2. The quantitative estimate of drug-likeness (QED) is 0.504. The van der Waals surface area contributed by atoms with Crippen LogP contribution < -0.4 is 10.5 Å². The SMILES string of the molecule is CC(C)n1c(Br)nc2c1C(c1ccc(Cl)cc1)N(c1cc(Cl)cn(C)c1=O)C(=O)C2. The zero-order valence-electron chi connectivity index (χ0n) is 16.6. The van der Waals surface area contributed by atoms with E-state index in [1.807, 2.05) is 30.5 Å². The van der Waals surface area contributed by atoms with Gasteiger partial charge in [0.05, 0.1) is 22.8 Å². The number of aromatic nitrogens is 3. The maximum Gasteiger partial charge on any atom is 0.274 e. The van der Waals surface area contributed by atoms with E-state index >= 15 is 0 Å². The average Bonchev–Trinajstić information content (AvgIpc) is 3.00. The lowest BCUT2D eigenvalue weighted by atomic mass is 9.94. The number of carbonyl (C=O) groups excluding carboxylic acids is 1.